The largest absolute Gasteiger partial charge is 0.550 e. The number of anilines is 1. The molecule has 0 saturated heterocycles. The number of halogens is 1. The summed E-state index contributed by atoms with van der Waals surface area (Å²) in [6, 6.07) is 5.70. The molecule has 22 heavy (non-hydrogen) atoms. The maximum Gasteiger partial charge on any atom is 0.229 e. The van der Waals surface area contributed by atoms with Crippen LogP contribution < -0.4 is 10.4 Å². The first-order valence-electron chi connectivity index (χ1n) is 7.12. The molecular formula is C15H14BrN2O3S-. The second-order valence-corrected chi connectivity index (χ2v) is 7.38. The number of nitrogens with one attached hydrogen (secondary N) is 1. The Bertz CT molecular complexity index is 731. The van der Waals surface area contributed by atoms with Crippen molar-refractivity contribution >= 4 is 54.5 Å². The minimum atomic E-state index is -1.13. The van der Waals surface area contributed by atoms with Gasteiger partial charge < -0.3 is 15.2 Å². The van der Waals surface area contributed by atoms with Crippen molar-refractivity contribution in [1.82, 2.24) is 4.98 Å². The summed E-state index contributed by atoms with van der Waals surface area (Å²) in [6.07, 6.45) is 2.79. The number of carbonyl (C=O) groups is 2. The molecule has 1 fully saturated rings. The third-order valence-corrected chi connectivity index (χ3v) is 5.41. The van der Waals surface area contributed by atoms with Crippen LogP contribution in [-0.2, 0) is 9.59 Å². The molecule has 5 nitrogen and oxygen atoms in total. The van der Waals surface area contributed by atoms with Gasteiger partial charge >= 0.3 is 0 Å². The maximum atomic E-state index is 12.4. The van der Waals surface area contributed by atoms with E-state index in [4.69, 9.17) is 0 Å². The summed E-state index contributed by atoms with van der Waals surface area (Å²) in [5, 5.41) is 14.5. The van der Waals surface area contributed by atoms with Gasteiger partial charge in [-0.2, -0.15) is 0 Å². The fourth-order valence-electron chi connectivity index (χ4n) is 2.88. The lowest BCUT2D eigenvalue weighted by molar-refractivity contribution is -0.313. The zero-order chi connectivity index (χ0) is 15.7. The molecule has 0 aliphatic heterocycles. The Morgan fingerprint density at radius 1 is 1.27 bits per heavy atom. The molecule has 1 heterocycles. The standard InChI is InChI=1S/C15H15BrN2O3S/c16-8-5-6-11-12(7-8)22-15(17-11)18-13(19)9-3-1-2-4-10(9)14(20)21/h5-7,9-10H,1-4H2,(H,20,21)(H,17,18,19)/p-1/t9-,10-/m0/s1. The molecule has 0 unspecified atom stereocenters. The van der Waals surface area contributed by atoms with Gasteiger partial charge in [0, 0.05) is 22.3 Å². The molecule has 2 aromatic rings. The number of hydrogen-bond donors (Lipinski definition) is 1. The Morgan fingerprint density at radius 2 is 2.00 bits per heavy atom. The van der Waals surface area contributed by atoms with Gasteiger partial charge in [-0.1, -0.05) is 40.1 Å². The van der Waals surface area contributed by atoms with E-state index >= 15 is 0 Å². The van der Waals surface area contributed by atoms with Gasteiger partial charge in [0.1, 0.15) is 0 Å². The van der Waals surface area contributed by atoms with Gasteiger partial charge in [0.25, 0.3) is 0 Å². The summed E-state index contributed by atoms with van der Waals surface area (Å²) in [6.45, 7) is 0. The van der Waals surface area contributed by atoms with Crippen LogP contribution in [0.25, 0.3) is 10.2 Å². The molecule has 1 aromatic heterocycles. The Hall–Kier alpha value is -1.47. The van der Waals surface area contributed by atoms with E-state index in [-0.39, 0.29) is 5.91 Å². The first-order valence-corrected chi connectivity index (χ1v) is 8.73. The molecule has 1 N–H and O–H groups in total. The summed E-state index contributed by atoms with van der Waals surface area (Å²) in [4.78, 5) is 27.9. The molecule has 1 aromatic carbocycles. The first kappa shape index (κ1) is 15.4. The van der Waals surface area contributed by atoms with Crippen LogP contribution in [0.4, 0.5) is 5.13 Å². The highest BCUT2D eigenvalue weighted by atomic mass is 79.9. The SMILES string of the molecule is O=C([O-])[C@H]1CCCC[C@@H]1C(=O)Nc1nc2ccc(Br)cc2s1. The normalized spacial score (nSPS) is 21.7. The van der Waals surface area contributed by atoms with Gasteiger partial charge in [0.05, 0.1) is 10.2 Å². The number of nitrogens with zero attached hydrogens (tertiary/aromatic N) is 1. The van der Waals surface area contributed by atoms with E-state index in [1.165, 1.54) is 11.3 Å². The average Bonchev–Trinajstić information content (AvgIpc) is 2.88. The molecule has 2 atom stereocenters. The van der Waals surface area contributed by atoms with Crippen LogP contribution in [0, 0.1) is 11.8 Å². The summed E-state index contributed by atoms with van der Waals surface area (Å²) >= 11 is 4.78. The van der Waals surface area contributed by atoms with Crippen molar-refractivity contribution in [2.75, 3.05) is 5.32 Å². The molecule has 0 spiro atoms. The first-order chi connectivity index (χ1) is 10.5. The van der Waals surface area contributed by atoms with Crippen molar-refractivity contribution in [2.45, 2.75) is 25.7 Å². The zero-order valence-corrected chi connectivity index (χ0v) is 14.1. The van der Waals surface area contributed by atoms with Crippen LogP contribution in [0.2, 0.25) is 0 Å². The number of thiazole rings is 1. The lowest BCUT2D eigenvalue weighted by Gasteiger charge is -2.30. The molecule has 0 bridgehead atoms. The van der Waals surface area contributed by atoms with Crippen LogP contribution in [-0.4, -0.2) is 16.9 Å². The molecule has 1 amide bonds. The van der Waals surface area contributed by atoms with E-state index in [2.05, 4.69) is 26.2 Å². The highest BCUT2D eigenvalue weighted by molar-refractivity contribution is 9.10. The highest BCUT2D eigenvalue weighted by Crippen LogP contribution is 2.32. The van der Waals surface area contributed by atoms with Gasteiger partial charge in [-0.05, 0) is 31.0 Å². The third kappa shape index (κ3) is 3.15. The number of fused-ring (bicyclic) bond motifs is 1. The molecule has 1 aliphatic rings. The minimum absolute atomic E-state index is 0.271. The molecule has 3 rings (SSSR count). The number of carboxylic acid groups (broad SMARTS) is 1. The van der Waals surface area contributed by atoms with Crippen LogP contribution in [0.1, 0.15) is 25.7 Å². The fraction of sp³-hybridized carbons (Fsp3) is 0.400. The van der Waals surface area contributed by atoms with Crippen molar-refractivity contribution in [2.24, 2.45) is 11.8 Å². The number of benzene rings is 1. The van der Waals surface area contributed by atoms with Crippen molar-refractivity contribution in [3.8, 4) is 0 Å². The van der Waals surface area contributed by atoms with Gasteiger partial charge in [-0.3, -0.25) is 4.79 Å². The highest BCUT2D eigenvalue weighted by Gasteiger charge is 2.32. The van der Waals surface area contributed by atoms with Crippen molar-refractivity contribution in [3.05, 3.63) is 22.7 Å². The molecule has 116 valence electrons. The second-order valence-electron chi connectivity index (χ2n) is 5.44. The van der Waals surface area contributed by atoms with E-state index < -0.39 is 17.8 Å². The summed E-state index contributed by atoms with van der Waals surface area (Å²) < 4.78 is 1.91. The van der Waals surface area contributed by atoms with E-state index in [1.807, 2.05) is 18.2 Å². The number of rotatable bonds is 3. The average molecular weight is 382 g/mol. The topological polar surface area (TPSA) is 82.1 Å². The number of carbonyl (C=O) groups excluding carboxylic acids is 2. The summed E-state index contributed by atoms with van der Waals surface area (Å²) in [7, 11) is 0. The smallest absolute Gasteiger partial charge is 0.229 e. The van der Waals surface area contributed by atoms with Crippen LogP contribution in [0.3, 0.4) is 0 Å². The van der Waals surface area contributed by atoms with Crippen molar-refractivity contribution in [1.29, 1.82) is 0 Å². The van der Waals surface area contributed by atoms with E-state index in [9.17, 15) is 14.7 Å². The Morgan fingerprint density at radius 3 is 2.73 bits per heavy atom. The quantitative estimate of drug-likeness (QED) is 0.885. The summed E-state index contributed by atoms with van der Waals surface area (Å²) in [5.41, 5.74) is 0.809. The van der Waals surface area contributed by atoms with Crippen LogP contribution in [0.5, 0.6) is 0 Å². The number of hydrogen-bond acceptors (Lipinski definition) is 5. The van der Waals surface area contributed by atoms with Gasteiger partial charge in [-0.15, -0.1) is 0 Å². The molecule has 1 saturated carbocycles. The van der Waals surface area contributed by atoms with E-state index in [0.717, 1.165) is 27.5 Å². The van der Waals surface area contributed by atoms with Gasteiger partial charge in [0.15, 0.2) is 5.13 Å². The Balaban J connectivity index is 1.78. The van der Waals surface area contributed by atoms with E-state index in [1.54, 1.807) is 0 Å². The number of carboxylic acids is 1. The lowest BCUT2D eigenvalue weighted by atomic mass is 9.79. The third-order valence-electron chi connectivity index (χ3n) is 3.99. The molecule has 1 aliphatic carbocycles. The van der Waals surface area contributed by atoms with Crippen molar-refractivity contribution in [3.63, 3.8) is 0 Å². The monoisotopic (exact) mass is 381 g/mol. The Labute approximate surface area is 139 Å². The number of aromatic nitrogens is 1. The van der Waals surface area contributed by atoms with Crippen LogP contribution in [0.15, 0.2) is 22.7 Å². The fourth-order valence-corrected chi connectivity index (χ4v) is 4.30. The molecule has 0 radical (unpaired) electrons. The van der Waals surface area contributed by atoms with Crippen LogP contribution >= 0.6 is 27.3 Å². The Kier molecular flexibility index (Phi) is 4.44. The number of aliphatic carboxylic acids is 1. The minimum Gasteiger partial charge on any atom is -0.550 e. The molecule has 7 heteroatoms. The van der Waals surface area contributed by atoms with Crippen molar-refractivity contribution < 1.29 is 14.7 Å². The second kappa shape index (κ2) is 6.34. The predicted octanol–water partition coefficient (Wildman–Crippen LogP) is 2.55. The number of amides is 1. The van der Waals surface area contributed by atoms with E-state index in [0.29, 0.717) is 18.0 Å². The van der Waals surface area contributed by atoms with Gasteiger partial charge in [0.2, 0.25) is 5.91 Å². The van der Waals surface area contributed by atoms with Gasteiger partial charge in [-0.25, -0.2) is 4.98 Å². The molecular weight excluding hydrogens is 368 g/mol. The maximum absolute atomic E-state index is 12.4. The predicted molar refractivity (Wildman–Crippen MR) is 86.4 cm³/mol. The zero-order valence-electron chi connectivity index (χ0n) is 11.7. The summed E-state index contributed by atoms with van der Waals surface area (Å²) in [5.74, 6) is -2.63. The lowest BCUT2D eigenvalue weighted by Crippen LogP contribution is -2.42.